The summed E-state index contributed by atoms with van der Waals surface area (Å²) in [6.45, 7) is 3.02. The third kappa shape index (κ3) is 2.64. The monoisotopic (exact) mass is 280 g/mol. The topological polar surface area (TPSA) is 32.3 Å². The first-order valence-corrected chi connectivity index (χ1v) is 7.35. The highest BCUT2D eigenvalue weighted by Crippen LogP contribution is 2.26. The maximum Gasteiger partial charge on any atom is 0.254 e. The average molecular weight is 280 g/mol. The van der Waals surface area contributed by atoms with Gasteiger partial charge in [-0.2, -0.15) is 0 Å². The van der Waals surface area contributed by atoms with Crippen LogP contribution in [-0.4, -0.2) is 24.4 Å². The zero-order chi connectivity index (χ0) is 14.8. The summed E-state index contributed by atoms with van der Waals surface area (Å²) in [4.78, 5) is 14.5. The van der Waals surface area contributed by atoms with Crippen LogP contribution in [-0.2, 0) is 6.42 Å². The van der Waals surface area contributed by atoms with Crippen LogP contribution in [0.5, 0.6) is 0 Å². The molecule has 0 saturated carbocycles. The lowest BCUT2D eigenvalue weighted by atomic mass is 10.0. The summed E-state index contributed by atoms with van der Waals surface area (Å²) >= 11 is 0. The van der Waals surface area contributed by atoms with Gasteiger partial charge in [0.15, 0.2) is 0 Å². The van der Waals surface area contributed by atoms with E-state index in [-0.39, 0.29) is 11.9 Å². The maximum atomic E-state index is 12.7. The fourth-order valence-corrected chi connectivity index (χ4v) is 2.76. The number of amides is 1. The van der Waals surface area contributed by atoms with Gasteiger partial charge in [-0.15, -0.1) is 0 Å². The molecule has 0 saturated heterocycles. The number of hydrogen-bond donors (Lipinski definition) is 1. The first-order chi connectivity index (χ1) is 10.2. The first kappa shape index (κ1) is 13.7. The number of carbonyl (C=O) groups excluding carboxylic acids is 1. The molecule has 0 aromatic heterocycles. The summed E-state index contributed by atoms with van der Waals surface area (Å²) in [6, 6.07) is 16.1. The Kier molecular flexibility index (Phi) is 3.65. The molecule has 0 spiro atoms. The van der Waals surface area contributed by atoms with Crippen LogP contribution in [0.3, 0.4) is 0 Å². The van der Waals surface area contributed by atoms with E-state index in [1.54, 1.807) is 4.90 Å². The summed E-state index contributed by atoms with van der Waals surface area (Å²) < 4.78 is 0. The van der Waals surface area contributed by atoms with Crippen molar-refractivity contribution in [2.45, 2.75) is 19.4 Å². The average Bonchev–Trinajstić information content (AvgIpc) is 3.01. The van der Waals surface area contributed by atoms with Crippen molar-refractivity contribution in [2.75, 3.05) is 18.9 Å². The van der Waals surface area contributed by atoms with E-state index in [0.717, 1.165) is 29.8 Å². The highest BCUT2D eigenvalue weighted by molar-refractivity contribution is 5.95. The number of nitrogens with one attached hydrogen (secondary N) is 1. The molecule has 1 aliphatic heterocycles. The molecule has 2 aromatic rings. The summed E-state index contributed by atoms with van der Waals surface area (Å²) in [5.41, 5.74) is 4.29. The van der Waals surface area contributed by atoms with E-state index in [1.165, 1.54) is 5.56 Å². The Morgan fingerprint density at radius 2 is 1.95 bits per heavy atom. The van der Waals surface area contributed by atoms with Gasteiger partial charge in [-0.3, -0.25) is 4.79 Å². The SMILES string of the molecule is CC(c1ccccc1)N(C)C(=O)c1ccc2c(c1)NCC2. The molecule has 1 N–H and O–H groups in total. The second-order valence-corrected chi connectivity index (χ2v) is 5.55. The molecular weight excluding hydrogens is 260 g/mol. The van der Waals surface area contributed by atoms with Gasteiger partial charge in [-0.25, -0.2) is 0 Å². The molecule has 0 bridgehead atoms. The number of benzene rings is 2. The van der Waals surface area contributed by atoms with Crippen molar-refractivity contribution in [3.63, 3.8) is 0 Å². The summed E-state index contributed by atoms with van der Waals surface area (Å²) in [5, 5.41) is 3.32. The molecule has 1 atom stereocenters. The third-order valence-electron chi connectivity index (χ3n) is 4.25. The van der Waals surface area contributed by atoms with Gasteiger partial charge in [-0.05, 0) is 36.6 Å². The minimum absolute atomic E-state index is 0.0555. The molecule has 0 aliphatic carbocycles. The minimum Gasteiger partial charge on any atom is -0.384 e. The van der Waals surface area contributed by atoms with Crippen molar-refractivity contribution in [3.8, 4) is 0 Å². The largest absolute Gasteiger partial charge is 0.384 e. The van der Waals surface area contributed by atoms with Gasteiger partial charge in [0.05, 0.1) is 6.04 Å². The van der Waals surface area contributed by atoms with Crippen LogP contribution < -0.4 is 5.32 Å². The zero-order valence-electron chi connectivity index (χ0n) is 12.5. The molecule has 1 heterocycles. The molecule has 21 heavy (non-hydrogen) atoms. The Morgan fingerprint density at radius 1 is 1.19 bits per heavy atom. The predicted octanol–water partition coefficient (Wildman–Crippen LogP) is 3.49. The molecule has 0 fully saturated rings. The second-order valence-electron chi connectivity index (χ2n) is 5.55. The highest BCUT2D eigenvalue weighted by Gasteiger charge is 2.20. The number of rotatable bonds is 3. The van der Waals surface area contributed by atoms with Crippen LogP contribution in [0.25, 0.3) is 0 Å². The van der Waals surface area contributed by atoms with Gasteiger partial charge in [0.1, 0.15) is 0 Å². The smallest absolute Gasteiger partial charge is 0.254 e. The van der Waals surface area contributed by atoms with Crippen molar-refractivity contribution in [1.29, 1.82) is 0 Å². The number of fused-ring (bicyclic) bond motifs is 1. The third-order valence-corrected chi connectivity index (χ3v) is 4.25. The van der Waals surface area contributed by atoms with Gasteiger partial charge in [-0.1, -0.05) is 36.4 Å². The number of carbonyl (C=O) groups is 1. The molecule has 108 valence electrons. The van der Waals surface area contributed by atoms with Crippen LogP contribution in [0.1, 0.15) is 34.5 Å². The van der Waals surface area contributed by atoms with Gasteiger partial charge < -0.3 is 10.2 Å². The second kappa shape index (κ2) is 5.60. The van der Waals surface area contributed by atoms with Crippen molar-refractivity contribution in [3.05, 3.63) is 65.2 Å². The van der Waals surface area contributed by atoms with Crippen LogP contribution in [0, 0.1) is 0 Å². The van der Waals surface area contributed by atoms with E-state index >= 15 is 0 Å². The zero-order valence-corrected chi connectivity index (χ0v) is 12.5. The molecular formula is C18H20N2O. The Balaban J connectivity index is 1.81. The molecule has 1 unspecified atom stereocenters. The molecule has 3 heteroatoms. The Bertz CT molecular complexity index is 652. The van der Waals surface area contributed by atoms with E-state index in [4.69, 9.17) is 0 Å². The van der Waals surface area contributed by atoms with E-state index in [1.807, 2.05) is 37.4 Å². The van der Waals surface area contributed by atoms with E-state index in [9.17, 15) is 4.79 Å². The predicted molar refractivity (Wildman–Crippen MR) is 85.6 cm³/mol. The van der Waals surface area contributed by atoms with Crippen LogP contribution in [0.4, 0.5) is 5.69 Å². The van der Waals surface area contributed by atoms with Gasteiger partial charge in [0, 0.05) is 24.8 Å². The van der Waals surface area contributed by atoms with E-state index in [2.05, 4.69) is 30.4 Å². The minimum atomic E-state index is 0.0555. The fraction of sp³-hybridized carbons (Fsp3) is 0.278. The molecule has 3 nitrogen and oxygen atoms in total. The number of nitrogens with zero attached hydrogens (tertiary/aromatic N) is 1. The molecule has 3 rings (SSSR count). The summed E-state index contributed by atoms with van der Waals surface area (Å²) in [5.74, 6) is 0.0582. The lowest BCUT2D eigenvalue weighted by Gasteiger charge is -2.25. The van der Waals surface area contributed by atoms with Crippen molar-refractivity contribution < 1.29 is 4.79 Å². The Hall–Kier alpha value is -2.29. The Labute approximate surface area is 125 Å². The molecule has 1 aliphatic rings. The quantitative estimate of drug-likeness (QED) is 0.933. The maximum absolute atomic E-state index is 12.7. The lowest BCUT2D eigenvalue weighted by Crippen LogP contribution is -2.29. The van der Waals surface area contributed by atoms with E-state index < -0.39 is 0 Å². The molecule has 2 aromatic carbocycles. The fourth-order valence-electron chi connectivity index (χ4n) is 2.76. The van der Waals surface area contributed by atoms with Gasteiger partial charge in [0.25, 0.3) is 5.91 Å². The van der Waals surface area contributed by atoms with Crippen molar-refractivity contribution in [2.24, 2.45) is 0 Å². The van der Waals surface area contributed by atoms with Crippen LogP contribution >= 0.6 is 0 Å². The van der Waals surface area contributed by atoms with Gasteiger partial charge in [0.2, 0.25) is 0 Å². The Morgan fingerprint density at radius 3 is 2.71 bits per heavy atom. The van der Waals surface area contributed by atoms with Crippen molar-refractivity contribution >= 4 is 11.6 Å². The number of hydrogen-bond acceptors (Lipinski definition) is 2. The summed E-state index contributed by atoms with van der Waals surface area (Å²) in [7, 11) is 1.86. The number of anilines is 1. The normalized spacial score (nSPS) is 14.2. The van der Waals surface area contributed by atoms with E-state index in [0.29, 0.717) is 0 Å². The summed E-state index contributed by atoms with van der Waals surface area (Å²) in [6.07, 6.45) is 1.04. The molecule has 1 amide bonds. The van der Waals surface area contributed by atoms with Crippen LogP contribution in [0.15, 0.2) is 48.5 Å². The standard InChI is InChI=1S/C18H20N2O/c1-13(14-6-4-3-5-7-14)20(2)18(21)16-9-8-15-10-11-19-17(15)12-16/h3-9,12-13,19H,10-11H2,1-2H3. The van der Waals surface area contributed by atoms with Gasteiger partial charge >= 0.3 is 0 Å². The lowest BCUT2D eigenvalue weighted by molar-refractivity contribution is 0.0742. The van der Waals surface area contributed by atoms with Crippen LogP contribution in [0.2, 0.25) is 0 Å². The first-order valence-electron chi connectivity index (χ1n) is 7.35. The van der Waals surface area contributed by atoms with Crippen molar-refractivity contribution in [1.82, 2.24) is 4.90 Å². The molecule has 0 radical (unpaired) electrons. The highest BCUT2D eigenvalue weighted by atomic mass is 16.2.